The van der Waals surface area contributed by atoms with Crippen LogP contribution in [-0.4, -0.2) is 0 Å². The second kappa shape index (κ2) is 6.03. The van der Waals surface area contributed by atoms with Crippen LogP contribution in [0.25, 0.3) is 0 Å². The molecule has 0 amide bonds. The van der Waals surface area contributed by atoms with E-state index in [0.717, 1.165) is 12.8 Å². The fourth-order valence-corrected chi connectivity index (χ4v) is 3.40. The molecule has 18 heavy (non-hydrogen) atoms. The molecule has 0 radical (unpaired) electrons. The standard InChI is InChI=1S/C15H21ClFN/c1-2-10-5-3-4-6-12(10)15(18)13-9-11(16)7-8-14(13)17/h7-10,12,15H,2-6,18H2,1H3. The molecule has 0 heterocycles. The van der Waals surface area contributed by atoms with Gasteiger partial charge < -0.3 is 5.73 Å². The average molecular weight is 270 g/mol. The van der Waals surface area contributed by atoms with E-state index >= 15 is 0 Å². The molecule has 1 aliphatic rings. The zero-order valence-electron chi connectivity index (χ0n) is 10.8. The van der Waals surface area contributed by atoms with Crippen LogP contribution in [0.3, 0.4) is 0 Å². The lowest BCUT2D eigenvalue weighted by atomic mass is 9.72. The molecule has 0 saturated heterocycles. The molecular weight excluding hydrogens is 249 g/mol. The molecule has 3 heteroatoms. The maximum Gasteiger partial charge on any atom is 0.128 e. The van der Waals surface area contributed by atoms with Crippen molar-refractivity contribution in [2.75, 3.05) is 0 Å². The number of rotatable bonds is 3. The van der Waals surface area contributed by atoms with Crippen molar-refractivity contribution in [1.82, 2.24) is 0 Å². The maximum atomic E-state index is 13.9. The van der Waals surface area contributed by atoms with Gasteiger partial charge in [-0.1, -0.05) is 44.2 Å². The molecule has 0 aromatic heterocycles. The molecule has 0 spiro atoms. The molecule has 2 N–H and O–H groups in total. The van der Waals surface area contributed by atoms with Crippen LogP contribution in [0.5, 0.6) is 0 Å². The fraction of sp³-hybridized carbons (Fsp3) is 0.600. The van der Waals surface area contributed by atoms with Gasteiger partial charge in [0.15, 0.2) is 0 Å². The Kier molecular flexibility index (Phi) is 4.63. The topological polar surface area (TPSA) is 26.0 Å². The van der Waals surface area contributed by atoms with Crippen LogP contribution in [-0.2, 0) is 0 Å². The summed E-state index contributed by atoms with van der Waals surface area (Å²) in [6, 6.07) is 4.45. The summed E-state index contributed by atoms with van der Waals surface area (Å²) >= 11 is 5.95. The van der Waals surface area contributed by atoms with Crippen LogP contribution in [0.2, 0.25) is 5.02 Å². The van der Waals surface area contributed by atoms with E-state index in [2.05, 4.69) is 6.92 Å². The number of hydrogen-bond acceptors (Lipinski definition) is 1. The summed E-state index contributed by atoms with van der Waals surface area (Å²) < 4.78 is 13.9. The quantitative estimate of drug-likeness (QED) is 0.846. The minimum absolute atomic E-state index is 0.228. The number of halogens is 2. The molecule has 1 aromatic rings. The zero-order chi connectivity index (χ0) is 13.1. The normalized spacial score (nSPS) is 26.0. The molecule has 1 saturated carbocycles. The van der Waals surface area contributed by atoms with E-state index in [4.69, 9.17) is 17.3 Å². The third-order valence-corrected chi connectivity index (χ3v) is 4.51. The van der Waals surface area contributed by atoms with Gasteiger partial charge in [0.2, 0.25) is 0 Å². The predicted octanol–water partition coefficient (Wildman–Crippen LogP) is 4.70. The van der Waals surface area contributed by atoms with Crippen molar-refractivity contribution in [2.24, 2.45) is 17.6 Å². The smallest absolute Gasteiger partial charge is 0.128 e. The Morgan fingerprint density at radius 1 is 1.39 bits per heavy atom. The summed E-state index contributed by atoms with van der Waals surface area (Å²) in [7, 11) is 0. The van der Waals surface area contributed by atoms with Gasteiger partial charge in [0, 0.05) is 16.6 Å². The highest BCUT2D eigenvalue weighted by Gasteiger charge is 2.30. The van der Waals surface area contributed by atoms with E-state index in [1.165, 1.54) is 25.3 Å². The molecule has 1 nitrogen and oxygen atoms in total. The lowest BCUT2D eigenvalue weighted by molar-refractivity contribution is 0.194. The van der Waals surface area contributed by atoms with Gasteiger partial charge in [-0.3, -0.25) is 0 Å². The van der Waals surface area contributed by atoms with E-state index in [-0.39, 0.29) is 11.9 Å². The van der Waals surface area contributed by atoms with Crippen molar-refractivity contribution < 1.29 is 4.39 Å². The highest BCUT2D eigenvalue weighted by molar-refractivity contribution is 6.30. The van der Waals surface area contributed by atoms with Gasteiger partial charge in [-0.2, -0.15) is 0 Å². The minimum Gasteiger partial charge on any atom is -0.324 e. The molecule has 3 unspecified atom stereocenters. The predicted molar refractivity (Wildman–Crippen MR) is 74.1 cm³/mol. The van der Waals surface area contributed by atoms with Crippen molar-refractivity contribution >= 4 is 11.6 Å². The van der Waals surface area contributed by atoms with E-state index in [1.54, 1.807) is 12.1 Å². The van der Waals surface area contributed by atoms with Crippen LogP contribution in [0.15, 0.2) is 18.2 Å². The summed E-state index contributed by atoms with van der Waals surface area (Å²) in [6.07, 6.45) is 5.93. The van der Waals surface area contributed by atoms with E-state index in [0.29, 0.717) is 22.4 Å². The van der Waals surface area contributed by atoms with Gasteiger partial charge in [0.05, 0.1) is 0 Å². The third kappa shape index (κ3) is 2.86. The number of benzene rings is 1. The van der Waals surface area contributed by atoms with Crippen molar-refractivity contribution in [2.45, 2.75) is 45.1 Å². The average Bonchev–Trinajstić information content (AvgIpc) is 2.40. The third-order valence-electron chi connectivity index (χ3n) is 4.27. The van der Waals surface area contributed by atoms with Crippen molar-refractivity contribution in [3.05, 3.63) is 34.6 Å². The highest BCUT2D eigenvalue weighted by Crippen LogP contribution is 2.40. The van der Waals surface area contributed by atoms with Gasteiger partial charge in [0.1, 0.15) is 5.82 Å². The second-order valence-corrected chi connectivity index (χ2v) is 5.74. The van der Waals surface area contributed by atoms with Crippen LogP contribution in [0.1, 0.15) is 50.6 Å². The summed E-state index contributed by atoms with van der Waals surface area (Å²) in [5.41, 5.74) is 6.88. The molecule has 3 atom stereocenters. The molecule has 1 fully saturated rings. The van der Waals surface area contributed by atoms with Crippen LogP contribution >= 0.6 is 11.6 Å². The largest absolute Gasteiger partial charge is 0.324 e. The first-order chi connectivity index (χ1) is 8.63. The molecule has 100 valence electrons. The van der Waals surface area contributed by atoms with Crippen LogP contribution < -0.4 is 5.73 Å². The Labute approximate surface area is 114 Å². The van der Waals surface area contributed by atoms with E-state index in [1.807, 2.05) is 0 Å². The lowest BCUT2D eigenvalue weighted by Crippen LogP contribution is -2.31. The number of hydrogen-bond donors (Lipinski definition) is 1. The summed E-state index contributed by atoms with van der Waals surface area (Å²) in [5.74, 6) is 0.774. The van der Waals surface area contributed by atoms with Crippen molar-refractivity contribution in [1.29, 1.82) is 0 Å². The van der Waals surface area contributed by atoms with E-state index in [9.17, 15) is 4.39 Å². The van der Waals surface area contributed by atoms with Crippen molar-refractivity contribution in [3.8, 4) is 0 Å². The van der Waals surface area contributed by atoms with Gasteiger partial charge in [-0.05, 0) is 36.5 Å². The van der Waals surface area contributed by atoms with Crippen LogP contribution in [0, 0.1) is 17.7 Å². The molecule has 0 aliphatic heterocycles. The van der Waals surface area contributed by atoms with Gasteiger partial charge in [0.25, 0.3) is 0 Å². The molecule has 0 bridgehead atoms. The van der Waals surface area contributed by atoms with Gasteiger partial charge in [-0.25, -0.2) is 4.39 Å². The van der Waals surface area contributed by atoms with E-state index < -0.39 is 0 Å². The van der Waals surface area contributed by atoms with Crippen LogP contribution in [0.4, 0.5) is 4.39 Å². The molecule has 1 aliphatic carbocycles. The monoisotopic (exact) mass is 269 g/mol. The zero-order valence-corrected chi connectivity index (χ0v) is 11.6. The summed E-state index contributed by atoms with van der Waals surface area (Å²) in [4.78, 5) is 0. The Bertz CT molecular complexity index is 407. The minimum atomic E-state index is -0.229. The Hall–Kier alpha value is -0.600. The Morgan fingerprint density at radius 2 is 2.11 bits per heavy atom. The second-order valence-electron chi connectivity index (χ2n) is 5.31. The first kappa shape index (κ1) is 13.8. The summed E-state index contributed by atoms with van der Waals surface area (Å²) in [5, 5.41) is 0.561. The maximum absolute atomic E-state index is 13.9. The van der Waals surface area contributed by atoms with Crippen molar-refractivity contribution in [3.63, 3.8) is 0 Å². The van der Waals surface area contributed by atoms with Gasteiger partial charge in [-0.15, -0.1) is 0 Å². The molecule has 2 rings (SSSR count). The lowest BCUT2D eigenvalue weighted by Gasteiger charge is -2.35. The summed E-state index contributed by atoms with van der Waals surface area (Å²) in [6.45, 7) is 2.20. The van der Waals surface area contributed by atoms with Gasteiger partial charge >= 0.3 is 0 Å². The first-order valence-corrected chi connectivity index (χ1v) is 7.21. The SMILES string of the molecule is CCC1CCCCC1C(N)c1cc(Cl)ccc1F. The first-order valence-electron chi connectivity index (χ1n) is 6.84. The molecule has 1 aromatic carbocycles. The molecular formula is C15H21ClFN. The highest BCUT2D eigenvalue weighted by atomic mass is 35.5. The number of nitrogens with two attached hydrogens (primary N) is 1. The Balaban J connectivity index is 2.23. The fourth-order valence-electron chi connectivity index (χ4n) is 3.22. The Morgan fingerprint density at radius 3 is 2.83 bits per heavy atom.